The van der Waals surface area contributed by atoms with Crippen molar-refractivity contribution in [3.63, 3.8) is 0 Å². The van der Waals surface area contributed by atoms with Gasteiger partial charge in [-0.3, -0.25) is 4.79 Å². The van der Waals surface area contributed by atoms with Gasteiger partial charge in [0.05, 0.1) is 18.4 Å². The van der Waals surface area contributed by atoms with Crippen LogP contribution in [0.15, 0.2) is 46.9 Å². The zero-order valence-electron chi connectivity index (χ0n) is 19.9. The number of aromatic amines is 1. The van der Waals surface area contributed by atoms with Gasteiger partial charge in [-0.2, -0.15) is 0 Å². The molecule has 1 saturated heterocycles. The molecule has 1 aliphatic rings. The average Bonchev–Trinajstić information content (AvgIpc) is 3.37. The smallest absolute Gasteiger partial charge is 0.325 e. The third-order valence-electron chi connectivity index (χ3n) is 6.01. The summed E-state index contributed by atoms with van der Waals surface area (Å²) in [6.45, 7) is 3.51. The number of rotatable bonds is 9. The first kappa shape index (κ1) is 25.8. The number of amides is 3. The Bertz CT molecular complexity index is 1270. The number of hydrogen-bond acceptors (Lipinski definition) is 6. The van der Waals surface area contributed by atoms with Crippen molar-refractivity contribution in [3.05, 3.63) is 69.8 Å². The van der Waals surface area contributed by atoms with Crippen molar-refractivity contribution in [2.75, 3.05) is 20.3 Å². The zero-order chi connectivity index (χ0) is 26.0. The number of urea groups is 1. The van der Waals surface area contributed by atoms with Crippen LogP contribution in [-0.2, 0) is 9.53 Å². The van der Waals surface area contributed by atoms with E-state index in [0.717, 1.165) is 4.90 Å². The van der Waals surface area contributed by atoms with Crippen LogP contribution in [0.3, 0.4) is 0 Å². The lowest BCUT2D eigenvalue weighted by Crippen LogP contribution is -2.41. The quantitative estimate of drug-likeness (QED) is 0.340. The Hall–Kier alpha value is -3.28. The van der Waals surface area contributed by atoms with Crippen molar-refractivity contribution in [2.45, 2.75) is 32.0 Å². The number of carbonyl (C=O) groups excluding carboxylic acids is 2. The molecule has 2 aromatic carbocycles. The third kappa shape index (κ3) is 4.99. The van der Waals surface area contributed by atoms with Crippen LogP contribution in [0.4, 0.5) is 9.18 Å². The second-order valence-corrected chi connectivity index (χ2v) is 9.25. The molecule has 1 aliphatic heterocycles. The van der Waals surface area contributed by atoms with Gasteiger partial charge < -0.3 is 24.9 Å². The molecular formula is C25H26BrFN4O5. The number of aromatic nitrogens is 2. The highest BCUT2D eigenvalue weighted by Crippen LogP contribution is 2.35. The number of aryl methyl sites for hydroxylation is 1. The SMILES string of the molecule is CO[C@H](C)[C@@H](c1nc(-c2ccc(Br)cc2F)c(C)[nH]1)N1C(=O)NC(c2ccc(OCCO)cc2)C1=O. The highest BCUT2D eigenvalue weighted by molar-refractivity contribution is 9.10. The van der Waals surface area contributed by atoms with E-state index in [2.05, 4.69) is 31.2 Å². The lowest BCUT2D eigenvalue weighted by atomic mass is 10.1. The molecule has 3 amide bonds. The van der Waals surface area contributed by atoms with Crippen LogP contribution in [0.1, 0.15) is 36.1 Å². The second kappa shape index (κ2) is 10.8. The monoisotopic (exact) mass is 560 g/mol. The number of benzene rings is 2. The summed E-state index contributed by atoms with van der Waals surface area (Å²) in [4.78, 5) is 35.3. The maximum Gasteiger partial charge on any atom is 0.325 e. The molecule has 1 fully saturated rings. The van der Waals surface area contributed by atoms with E-state index in [-0.39, 0.29) is 13.2 Å². The zero-order valence-corrected chi connectivity index (χ0v) is 21.5. The Morgan fingerprint density at radius 2 is 1.94 bits per heavy atom. The second-order valence-electron chi connectivity index (χ2n) is 8.34. The predicted octanol–water partition coefficient (Wildman–Crippen LogP) is 4.03. The van der Waals surface area contributed by atoms with E-state index in [0.29, 0.717) is 38.6 Å². The van der Waals surface area contributed by atoms with Gasteiger partial charge in [-0.25, -0.2) is 19.1 Å². The predicted molar refractivity (Wildman–Crippen MR) is 133 cm³/mol. The van der Waals surface area contributed by atoms with E-state index in [9.17, 15) is 14.0 Å². The summed E-state index contributed by atoms with van der Waals surface area (Å²) in [5, 5.41) is 11.6. The standard InChI is InChI=1S/C25H26BrFN4O5/c1-13-20(18-9-6-16(26)12-19(18)27)29-23(28-13)22(14(2)35-3)31-24(33)21(30-25(31)34)15-4-7-17(8-5-15)36-11-10-32/h4-9,12,14,21-22,32H,10-11H2,1-3H3,(H,28,29)(H,30,34)/t14-,21?,22+/m1/s1. The first-order valence-electron chi connectivity index (χ1n) is 11.3. The number of imidazole rings is 1. The molecule has 1 aromatic heterocycles. The Kier molecular flexibility index (Phi) is 7.72. The number of aliphatic hydroxyl groups is 1. The summed E-state index contributed by atoms with van der Waals surface area (Å²) >= 11 is 3.25. The number of hydrogen-bond donors (Lipinski definition) is 3. The van der Waals surface area contributed by atoms with E-state index in [1.165, 1.54) is 13.2 Å². The number of ether oxygens (including phenoxy) is 2. The van der Waals surface area contributed by atoms with Crippen LogP contribution in [0, 0.1) is 12.7 Å². The summed E-state index contributed by atoms with van der Waals surface area (Å²) < 4.78 is 26.1. The maximum absolute atomic E-state index is 14.7. The molecule has 9 nitrogen and oxygen atoms in total. The van der Waals surface area contributed by atoms with Crippen molar-refractivity contribution in [1.29, 1.82) is 0 Å². The largest absolute Gasteiger partial charge is 0.491 e. The lowest BCUT2D eigenvalue weighted by molar-refractivity contribution is -0.131. The Labute approximate surface area is 215 Å². The Balaban J connectivity index is 1.66. The van der Waals surface area contributed by atoms with Crippen LogP contribution in [0.5, 0.6) is 5.75 Å². The summed E-state index contributed by atoms with van der Waals surface area (Å²) in [5.41, 5.74) is 1.83. The fourth-order valence-electron chi connectivity index (χ4n) is 4.15. The Morgan fingerprint density at radius 3 is 2.58 bits per heavy atom. The molecule has 3 N–H and O–H groups in total. The molecule has 11 heteroatoms. The minimum absolute atomic E-state index is 0.116. The molecule has 0 radical (unpaired) electrons. The summed E-state index contributed by atoms with van der Waals surface area (Å²) in [5.74, 6) is -0.0890. The highest BCUT2D eigenvalue weighted by Gasteiger charge is 2.46. The van der Waals surface area contributed by atoms with Crippen LogP contribution in [0.2, 0.25) is 0 Å². The maximum atomic E-state index is 14.7. The van der Waals surface area contributed by atoms with E-state index in [4.69, 9.17) is 14.6 Å². The normalized spacial score (nSPS) is 17.3. The van der Waals surface area contributed by atoms with Gasteiger partial charge in [-0.05, 0) is 49.7 Å². The number of nitrogens with one attached hydrogen (secondary N) is 2. The van der Waals surface area contributed by atoms with Crippen molar-refractivity contribution >= 4 is 27.9 Å². The lowest BCUT2D eigenvalue weighted by Gasteiger charge is -2.28. The first-order valence-corrected chi connectivity index (χ1v) is 12.1. The van der Waals surface area contributed by atoms with Crippen molar-refractivity contribution < 1.29 is 28.6 Å². The van der Waals surface area contributed by atoms with Crippen LogP contribution < -0.4 is 10.1 Å². The van der Waals surface area contributed by atoms with Gasteiger partial charge in [0, 0.05) is 22.8 Å². The minimum Gasteiger partial charge on any atom is -0.491 e. The number of imide groups is 1. The molecular weight excluding hydrogens is 535 g/mol. The van der Waals surface area contributed by atoms with Gasteiger partial charge in [-0.1, -0.05) is 28.1 Å². The van der Waals surface area contributed by atoms with Gasteiger partial charge in [-0.15, -0.1) is 0 Å². The van der Waals surface area contributed by atoms with E-state index < -0.39 is 35.9 Å². The molecule has 0 spiro atoms. The van der Waals surface area contributed by atoms with Gasteiger partial charge in [0.1, 0.15) is 36.1 Å². The number of aliphatic hydroxyl groups excluding tert-OH is 1. The molecule has 0 aliphatic carbocycles. The topological polar surface area (TPSA) is 117 Å². The number of methoxy groups -OCH3 is 1. The van der Waals surface area contributed by atoms with Gasteiger partial charge in [0.2, 0.25) is 0 Å². The molecule has 190 valence electrons. The third-order valence-corrected chi connectivity index (χ3v) is 6.50. The molecule has 3 aromatic rings. The molecule has 0 saturated carbocycles. The van der Waals surface area contributed by atoms with E-state index >= 15 is 0 Å². The summed E-state index contributed by atoms with van der Waals surface area (Å²) in [6, 6.07) is 8.97. The summed E-state index contributed by atoms with van der Waals surface area (Å²) in [7, 11) is 1.48. The van der Waals surface area contributed by atoms with E-state index in [1.807, 2.05) is 0 Å². The molecule has 3 atom stereocenters. The fraction of sp³-hybridized carbons (Fsp3) is 0.320. The number of H-pyrrole nitrogens is 1. The van der Waals surface area contributed by atoms with Crippen LogP contribution >= 0.6 is 15.9 Å². The van der Waals surface area contributed by atoms with Crippen molar-refractivity contribution in [2.24, 2.45) is 0 Å². The van der Waals surface area contributed by atoms with Gasteiger partial charge in [0.15, 0.2) is 0 Å². The molecule has 36 heavy (non-hydrogen) atoms. The first-order chi connectivity index (χ1) is 17.2. The van der Waals surface area contributed by atoms with Crippen LogP contribution in [0.25, 0.3) is 11.3 Å². The Morgan fingerprint density at radius 1 is 1.22 bits per heavy atom. The highest BCUT2D eigenvalue weighted by atomic mass is 79.9. The van der Waals surface area contributed by atoms with Crippen molar-refractivity contribution in [3.8, 4) is 17.0 Å². The number of nitrogens with zero attached hydrogens (tertiary/aromatic N) is 2. The average molecular weight is 561 g/mol. The van der Waals surface area contributed by atoms with Crippen LogP contribution in [-0.4, -0.2) is 58.3 Å². The molecule has 4 rings (SSSR count). The minimum atomic E-state index is -0.907. The molecule has 1 unspecified atom stereocenters. The molecule has 0 bridgehead atoms. The summed E-state index contributed by atoms with van der Waals surface area (Å²) in [6.07, 6.45) is -0.610. The van der Waals surface area contributed by atoms with Gasteiger partial charge in [0.25, 0.3) is 5.91 Å². The van der Waals surface area contributed by atoms with Gasteiger partial charge >= 0.3 is 6.03 Å². The molecule has 2 heterocycles. The van der Waals surface area contributed by atoms with Crippen molar-refractivity contribution in [1.82, 2.24) is 20.2 Å². The number of carbonyl (C=O) groups is 2. The number of halogens is 2. The fourth-order valence-corrected chi connectivity index (χ4v) is 4.49. The van der Waals surface area contributed by atoms with E-state index in [1.54, 1.807) is 50.2 Å².